The Kier molecular flexibility index (Phi) is 6.48. The zero-order valence-electron chi connectivity index (χ0n) is 15.8. The summed E-state index contributed by atoms with van der Waals surface area (Å²) in [6.45, 7) is 1.37. The smallest absolute Gasteiger partial charge is 0.352 e. The van der Waals surface area contributed by atoms with Gasteiger partial charge in [-0.15, -0.1) is 0 Å². The van der Waals surface area contributed by atoms with Crippen molar-refractivity contribution in [2.24, 2.45) is 4.99 Å². The minimum atomic E-state index is -4.35. The maximum Gasteiger partial charge on any atom is 0.416 e. The third-order valence-corrected chi connectivity index (χ3v) is 4.20. The van der Waals surface area contributed by atoms with E-state index >= 15 is 0 Å². The van der Waals surface area contributed by atoms with E-state index in [2.05, 4.69) is 31.8 Å². The van der Waals surface area contributed by atoms with Crippen LogP contribution in [0.15, 0.2) is 66.2 Å². The number of hydrogen-bond donors (Lipinski definition) is 2. The van der Waals surface area contributed by atoms with Crippen molar-refractivity contribution in [2.75, 3.05) is 7.05 Å². The van der Waals surface area contributed by atoms with E-state index in [4.69, 9.17) is 0 Å². The van der Waals surface area contributed by atoms with Crippen LogP contribution in [0.4, 0.5) is 13.2 Å². The lowest BCUT2D eigenvalue weighted by Gasteiger charge is -2.14. The minimum absolute atomic E-state index is 0.232. The number of aromatic nitrogens is 3. The first-order valence-electron chi connectivity index (χ1n) is 8.95. The minimum Gasteiger partial charge on any atom is -0.352 e. The van der Waals surface area contributed by atoms with Gasteiger partial charge in [-0.2, -0.15) is 18.3 Å². The van der Waals surface area contributed by atoms with Gasteiger partial charge in [0, 0.05) is 20.1 Å². The van der Waals surface area contributed by atoms with Crippen LogP contribution in [0.2, 0.25) is 0 Å². The van der Waals surface area contributed by atoms with Gasteiger partial charge in [-0.25, -0.2) is 9.67 Å². The Morgan fingerprint density at radius 1 is 1.00 bits per heavy atom. The van der Waals surface area contributed by atoms with Crippen molar-refractivity contribution in [3.63, 3.8) is 0 Å². The Hall–Kier alpha value is -3.36. The predicted molar refractivity (Wildman–Crippen MR) is 104 cm³/mol. The fourth-order valence-electron chi connectivity index (χ4n) is 2.79. The summed E-state index contributed by atoms with van der Waals surface area (Å²) in [6.07, 6.45) is -1.21. The molecule has 0 bridgehead atoms. The van der Waals surface area contributed by atoms with Crippen LogP contribution in [0.25, 0.3) is 0 Å². The number of nitrogens with zero attached hydrogens (tertiary/aromatic N) is 4. The van der Waals surface area contributed by atoms with Crippen LogP contribution in [-0.4, -0.2) is 27.8 Å². The highest BCUT2D eigenvalue weighted by molar-refractivity contribution is 5.79. The molecule has 0 aliphatic rings. The second-order valence-corrected chi connectivity index (χ2v) is 6.39. The molecular formula is C20H21F3N6. The lowest BCUT2D eigenvalue weighted by atomic mass is 10.1. The Labute approximate surface area is 166 Å². The number of aliphatic imine (C=N–C) groups is 1. The van der Waals surface area contributed by atoms with Gasteiger partial charge >= 0.3 is 6.18 Å². The molecule has 3 rings (SSSR count). The van der Waals surface area contributed by atoms with E-state index in [-0.39, 0.29) is 6.54 Å². The molecule has 0 saturated carbocycles. The fraction of sp³-hybridized carbons (Fsp3) is 0.250. The van der Waals surface area contributed by atoms with Gasteiger partial charge in [0.15, 0.2) is 5.96 Å². The maximum absolute atomic E-state index is 12.8. The second kappa shape index (κ2) is 9.22. The highest BCUT2D eigenvalue weighted by Crippen LogP contribution is 2.29. The van der Waals surface area contributed by atoms with Gasteiger partial charge in [-0.1, -0.05) is 36.4 Å². The van der Waals surface area contributed by atoms with Gasteiger partial charge in [-0.3, -0.25) is 4.99 Å². The number of guanidine groups is 1. The van der Waals surface area contributed by atoms with Crippen molar-refractivity contribution in [3.05, 3.63) is 83.4 Å². The summed E-state index contributed by atoms with van der Waals surface area (Å²) >= 11 is 0. The number of alkyl halides is 3. The van der Waals surface area contributed by atoms with Crippen LogP contribution in [0.3, 0.4) is 0 Å². The predicted octanol–water partition coefficient (Wildman–Crippen LogP) is 3.21. The van der Waals surface area contributed by atoms with Crippen molar-refractivity contribution in [2.45, 2.75) is 25.8 Å². The zero-order valence-corrected chi connectivity index (χ0v) is 15.8. The quantitative estimate of drug-likeness (QED) is 0.491. The molecule has 0 radical (unpaired) electrons. The van der Waals surface area contributed by atoms with Crippen molar-refractivity contribution < 1.29 is 13.2 Å². The average molecular weight is 402 g/mol. The first kappa shape index (κ1) is 20.4. The van der Waals surface area contributed by atoms with E-state index < -0.39 is 11.7 Å². The number of nitrogens with one attached hydrogen (secondary N) is 2. The summed E-state index contributed by atoms with van der Waals surface area (Å²) < 4.78 is 40.2. The molecule has 1 heterocycles. The third-order valence-electron chi connectivity index (χ3n) is 4.20. The lowest BCUT2D eigenvalue weighted by molar-refractivity contribution is -0.137. The van der Waals surface area contributed by atoms with Crippen LogP contribution in [0, 0.1) is 0 Å². The molecule has 0 amide bonds. The van der Waals surface area contributed by atoms with E-state index in [1.807, 2.05) is 18.2 Å². The van der Waals surface area contributed by atoms with Gasteiger partial charge in [-0.05, 0) is 28.8 Å². The lowest BCUT2D eigenvalue weighted by Crippen LogP contribution is -2.36. The molecule has 2 aromatic carbocycles. The van der Waals surface area contributed by atoms with Crippen LogP contribution in [-0.2, 0) is 25.8 Å². The SMILES string of the molecule is CN=C(NCc1cccc(Cn2cncn2)c1)NCc1cccc(C(F)(F)F)c1. The van der Waals surface area contributed by atoms with E-state index in [0.717, 1.165) is 23.3 Å². The molecule has 29 heavy (non-hydrogen) atoms. The zero-order chi connectivity index (χ0) is 20.7. The van der Waals surface area contributed by atoms with Crippen LogP contribution >= 0.6 is 0 Å². The molecule has 0 aliphatic carbocycles. The number of benzene rings is 2. The monoisotopic (exact) mass is 402 g/mol. The van der Waals surface area contributed by atoms with Crippen molar-refractivity contribution in [3.8, 4) is 0 Å². The van der Waals surface area contributed by atoms with E-state index in [1.54, 1.807) is 24.1 Å². The summed E-state index contributed by atoms with van der Waals surface area (Å²) in [6, 6.07) is 13.2. The number of hydrogen-bond acceptors (Lipinski definition) is 3. The summed E-state index contributed by atoms with van der Waals surface area (Å²) in [5.74, 6) is 0.504. The molecule has 2 N–H and O–H groups in total. The first-order valence-corrected chi connectivity index (χ1v) is 8.95. The van der Waals surface area contributed by atoms with E-state index in [1.165, 1.54) is 12.4 Å². The second-order valence-electron chi connectivity index (χ2n) is 6.39. The molecule has 9 heteroatoms. The third kappa shape index (κ3) is 6.06. The molecule has 0 saturated heterocycles. The molecule has 0 aliphatic heterocycles. The van der Waals surface area contributed by atoms with Crippen LogP contribution < -0.4 is 10.6 Å². The van der Waals surface area contributed by atoms with Gasteiger partial charge in [0.25, 0.3) is 0 Å². The van der Waals surface area contributed by atoms with Gasteiger partial charge < -0.3 is 10.6 Å². The fourth-order valence-corrected chi connectivity index (χ4v) is 2.79. The molecule has 1 aromatic heterocycles. The Morgan fingerprint density at radius 3 is 2.28 bits per heavy atom. The average Bonchev–Trinajstić information content (AvgIpc) is 3.21. The highest BCUT2D eigenvalue weighted by Gasteiger charge is 2.30. The topological polar surface area (TPSA) is 67.1 Å². The summed E-state index contributed by atoms with van der Waals surface area (Å²) in [7, 11) is 1.61. The molecule has 0 atom stereocenters. The number of rotatable bonds is 6. The standard InChI is InChI=1S/C20H21F3N6/c1-24-19(27-11-16-5-3-7-18(9-16)20(21,22)23)26-10-15-4-2-6-17(8-15)12-29-14-25-13-28-29/h2-9,13-14H,10-12H2,1H3,(H2,24,26,27). The summed E-state index contributed by atoms with van der Waals surface area (Å²) in [5, 5.41) is 10.3. The van der Waals surface area contributed by atoms with Gasteiger partial charge in [0.1, 0.15) is 12.7 Å². The Morgan fingerprint density at radius 2 is 1.66 bits per heavy atom. The highest BCUT2D eigenvalue weighted by atomic mass is 19.4. The van der Waals surface area contributed by atoms with Crippen LogP contribution in [0.5, 0.6) is 0 Å². The molecule has 0 fully saturated rings. The molecule has 0 spiro atoms. The first-order chi connectivity index (χ1) is 13.9. The van der Waals surface area contributed by atoms with E-state index in [0.29, 0.717) is 24.6 Å². The molecular weight excluding hydrogens is 381 g/mol. The molecule has 3 aromatic rings. The Bertz CT molecular complexity index is 951. The maximum atomic E-state index is 12.8. The summed E-state index contributed by atoms with van der Waals surface area (Å²) in [5.41, 5.74) is 1.99. The normalized spacial score (nSPS) is 12.1. The number of halogens is 3. The van der Waals surface area contributed by atoms with Crippen LogP contribution in [0.1, 0.15) is 22.3 Å². The molecule has 152 valence electrons. The van der Waals surface area contributed by atoms with Crippen molar-refractivity contribution in [1.29, 1.82) is 0 Å². The molecule has 0 unspecified atom stereocenters. The summed E-state index contributed by atoms with van der Waals surface area (Å²) in [4.78, 5) is 8.05. The van der Waals surface area contributed by atoms with Crippen molar-refractivity contribution in [1.82, 2.24) is 25.4 Å². The van der Waals surface area contributed by atoms with Gasteiger partial charge in [0.2, 0.25) is 0 Å². The van der Waals surface area contributed by atoms with E-state index in [9.17, 15) is 13.2 Å². The van der Waals surface area contributed by atoms with Gasteiger partial charge in [0.05, 0.1) is 12.1 Å². The molecule has 6 nitrogen and oxygen atoms in total. The van der Waals surface area contributed by atoms with Crippen molar-refractivity contribution >= 4 is 5.96 Å². The largest absolute Gasteiger partial charge is 0.416 e. The Balaban J connectivity index is 1.55.